The van der Waals surface area contributed by atoms with Gasteiger partial charge in [0.1, 0.15) is 5.82 Å². The Bertz CT molecular complexity index is 816. The summed E-state index contributed by atoms with van der Waals surface area (Å²) in [5.41, 5.74) is 5.95. The Kier molecular flexibility index (Phi) is 5.68. The van der Waals surface area contributed by atoms with Gasteiger partial charge in [0.05, 0.1) is 14.9 Å². The lowest BCUT2D eigenvalue weighted by Gasteiger charge is -2.39. The van der Waals surface area contributed by atoms with Crippen molar-refractivity contribution < 1.29 is 0 Å². The molecule has 0 saturated carbocycles. The SMILES string of the molecule is CC1(CN)CCN(c2ccc(Sc3cccc(Cl)c3Cl)c(=O)[nH]2)CC1. The van der Waals surface area contributed by atoms with Crippen LogP contribution in [-0.4, -0.2) is 24.6 Å². The molecule has 1 aliphatic heterocycles. The second-order valence-corrected chi connectivity index (χ2v) is 8.56. The van der Waals surface area contributed by atoms with E-state index in [1.54, 1.807) is 6.07 Å². The van der Waals surface area contributed by atoms with Gasteiger partial charge in [-0.15, -0.1) is 0 Å². The fourth-order valence-corrected chi connectivity index (χ4v) is 4.22. The summed E-state index contributed by atoms with van der Waals surface area (Å²) in [5, 5.41) is 0.950. The summed E-state index contributed by atoms with van der Waals surface area (Å²) in [4.78, 5) is 19.0. The van der Waals surface area contributed by atoms with Crippen molar-refractivity contribution in [1.82, 2.24) is 4.98 Å². The first-order valence-corrected chi connectivity index (χ1v) is 9.79. The number of nitrogens with two attached hydrogens (primary N) is 1. The Labute approximate surface area is 161 Å². The van der Waals surface area contributed by atoms with Crippen LogP contribution in [0.5, 0.6) is 0 Å². The van der Waals surface area contributed by atoms with E-state index >= 15 is 0 Å². The molecule has 0 atom stereocenters. The van der Waals surface area contributed by atoms with E-state index in [-0.39, 0.29) is 11.0 Å². The predicted octanol–water partition coefficient (Wildman–Crippen LogP) is 4.40. The van der Waals surface area contributed by atoms with Gasteiger partial charge in [-0.2, -0.15) is 0 Å². The second kappa shape index (κ2) is 7.62. The summed E-state index contributed by atoms with van der Waals surface area (Å²) in [6, 6.07) is 9.19. The number of rotatable bonds is 4. The third-order valence-electron chi connectivity index (χ3n) is 4.80. The lowest BCUT2D eigenvalue weighted by Crippen LogP contribution is -2.42. The van der Waals surface area contributed by atoms with Crippen LogP contribution in [0.2, 0.25) is 10.0 Å². The highest BCUT2D eigenvalue weighted by Gasteiger charge is 2.29. The van der Waals surface area contributed by atoms with E-state index in [1.807, 2.05) is 24.3 Å². The Morgan fingerprint density at radius 3 is 2.56 bits per heavy atom. The number of hydrogen-bond acceptors (Lipinski definition) is 4. The Morgan fingerprint density at radius 1 is 1.20 bits per heavy atom. The largest absolute Gasteiger partial charge is 0.358 e. The van der Waals surface area contributed by atoms with E-state index < -0.39 is 0 Å². The molecule has 134 valence electrons. The fraction of sp³-hybridized carbons (Fsp3) is 0.389. The Morgan fingerprint density at radius 2 is 1.92 bits per heavy atom. The number of aromatic amines is 1. The molecule has 2 aromatic rings. The van der Waals surface area contributed by atoms with E-state index in [2.05, 4.69) is 16.8 Å². The highest BCUT2D eigenvalue weighted by atomic mass is 35.5. The van der Waals surface area contributed by atoms with Gasteiger partial charge in [-0.05, 0) is 49.1 Å². The maximum atomic E-state index is 12.5. The summed E-state index contributed by atoms with van der Waals surface area (Å²) in [7, 11) is 0. The van der Waals surface area contributed by atoms with Gasteiger partial charge in [0.25, 0.3) is 5.56 Å². The minimum Gasteiger partial charge on any atom is -0.358 e. The maximum absolute atomic E-state index is 12.5. The summed E-state index contributed by atoms with van der Waals surface area (Å²) >= 11 is 13.6. The standard InChI is InChI=1S/C18H21Cl2N3OS/c1-18(11-21)7-9-23(10-8-18)15-6-5-14(17(24)22-15)25-13-4-2-3-12(19)16(13)20/h2-6H,7-11,21H2,1H3,(H,22,24). The van der Waals surface area contributed by atoms with Crippen molar-refractivity contribution in [2.45, 2.75) is 29.6 Å². The van der Waals surface area contributed by atoms with Gasteiger partial charge in [-0.1, -0.05) is 48.0 Å². The van der Waals surface area contributed by atoms with Gasteiger partial charge < -0.3 is 15.6 Å². The number of piperidine rings is 1. The molecule has 2 heterocycles. The number of nitrogens with zero attached hydrogens (tertiary/aromatic N) is 1. The molecular formula is C18H21Cl2N3OS. The second-order valence-electron chi connectivity index (χ2n) is 6.69. The van der Waals surface area contributed by atoms with Crippen LogP contribution in [0.4, 0.5) is 5.82 Å². The molecule has 1 saturated heterocycles. The predicted molar refractivity (Wildman–Crippen MR) is 106 cm³/mol. The first-order valence-electron chi connectivity index (χ1n) is 8.22. The number of aromatic nitrogens is 1. The summed E-state index contributed by atoms with van der Waals surface area (Å²) in [6.07, 6.45) is 2.06. The molecule has 4 nitrogen and oxygen atoms in total. The van der Waals surface area contributed by atoms with Crippen molar-refractivity contribution in [2.24, 2.45) is 11.1 Å². The minimum absolute atomic E-state index is 0.120. The van der Waals surface area contributed by atoms with E-state index in [0.717, 1.165) is 36.6 Å². The highest BCUT2D eigenvalue weighted by Crippen LogP contribution is 2.36. The van der Waals surface area contributed by atoms with Crippen molar-refractivity contribution >= 4 is 40.8 Å². The molecular weight excluding hydrogens is 377 g/mol. The molecule has 1 fully saturated rings. The first-order chi connectivity index (χ1) is 11.9. The van der Waals surface area contributed by atoms with Gasteiger partial charge in [0.15, 0.2) is 0 Å². The average Bonchev–Trinajstić information content (AvgIpc) is 2.61. The van der Waals surface area contributed by atoms with E-state index in [4.69, 9.17) is 28.9 Å². The zero-order chi connectivity index (χ0) is 18.0. The maximum Gasteiger partial charge on any atom is 0.263 e. The zero-order valence-electron chi connectivity index (χ0n) is 14.0. The molecule has 3 N–H and O–H groups in total. The van der Waals surface area contributed by atoms with Gasteiger partial charge in [0, 0.05) is 18.0 Å². The normalized spacial score (nSPS) is 16.9. The van der Waals surface area contributed by atoms with Crippen molar-refractivity contribution in [3.63, 3.8) is 0 Å². The number of nitrogens with one attached hydrogen (secondary N) is 1. The van der Waals surface area contributed by atoms with Crippen LogP contribution < -0.4 is 16.2 Å². The van der Waals surface area contributed by atoms with Gasteiger partial charge in [-0.25, -0.2) is 0 Å². The lowest BCUT2D eigenvalue weighted by atomic mass is 9.80. The Hall–Kier alpha value is -1.14. The molecule has 1 aliphatic rings. The highest BCUT2D eigenvalue weighted by molar-refractivity contribution is 7.99. The quantitative estimate of drug-likeness (QED) is 0.802. The molecule has 0 amide bonds. The van der Waals surface area contributed by atoms with Gasteiger partial charge >= 0.3 is 0 Å². The monoisotopic (exact) mass is 397 g/mol. The van der Waals surface area contributed by atoms with E-state index in [1.165, 1.54) is 11.8 Å². The van der Waals surface area contributed by atoms with Crippen molar-refractivity contribution in [3.05, 3.63) is 50.7 Å². The van der Waals surface area contributed by atoms with Crippen molar-refractivity contribution in [1.29, 1.82) is 0 Å². The van der Waals surface area contributed by atoms with Crippen LogP contribution in [0.15, 0.2) is 44.9 Å². The topological polar surface area (TPSA) is 62.1 Å². The molecule has 0 unspecified atom stereocenters. The molecule has 7 heteroatoms. The van der Waals surface area contributed by atoms with Crippen molar-refractivity contribution in [3.8, 4) is 0 Å². The number of pyridine rings is 1. The van der Waals surface area contributed by atoms with Crippen LogP contribution >= 0.6 is 35.0 Å². The lowest BCUT2D eigenvalue weighted by molar-refractivity contribution is 0.258. The minimum atomic E-state index is -0.120. The van der Waals surface area contributed by atoms with Crippen molar-refractivity contribution in [2.75, 3.05) is 24.5 Å². The number of anilines is 1. The molecule has 25 heavy (non-hydrogen) atoms. The van der Waals surface area contributed by atoms with E-state index in [0.29, 0.717) is 21.5 Å². The molecule has 0 radical (unpaired) electrons. The summed E-state index contributed by atoms with van der Waals surface area (Å²) in [6.45, 7) is 4.72. The molecule has 1 aromatic heterocycles. The third-order valence-corrected chi connectivity index (χ3v) is 6.83. The number of benzene rings is 1. The van der Waals surface area contributed by atoms with E-state index in [9.17, 15) is 4.79 Å². The van der Waals surface area contributed by atoms with Gasteiger partial charge in [-0.3, -0.25) is 4.79 Å². The summed E-state index contributed by atoms with van der Waals surface area (Å²) in [5.74, 6) is 0.852. The number of hydrogen-bond donors (Lipinski definition) is 2. The zero-order valence-corrected chi connectivity index (χ0v) is 16.3. The van der Waals surface area contributed by atoms with Crippen LogP contribution in [0.3, 0.4) is 0 Å². The van der Waals surface area contributed by atoms with Crippen LogP contribution in [0.25, 0.3) is 0 Å². The fourth-order valence-electron chi connectivity index (χ4n) is 2.89. The van der Waals surface area contributed by atoms with Crippen LogP contribution in [0, 0.1) is 5.41 Å². The van der Waals surface area contributed by atoms with Crippen LogP contribution in [-0.2, 0) is 0 Å². The molecule has 0 aliphatic carbocycles. The molecule has 0 bridgehead atoms. The number of halogens is 2. The van der Waals surface area contributed by atoms with Gasteiger partial charge in [0.2, 0.25) is 0 Å². The molecule has 1 aromatic carbocycles. The smallest absolute Gasteiger partial charge is 0.263 e. The van der Waals surface area contributed by atoms with Crippen LogP contribution in [0.1, 0.15) is 19.8 Å². The third kappa shape index (κ3) is 4.17. The summed E-state index contributed by atoms with van der Waals surface area (Å²) < 4.78 is 0. The molecule has 0 spiro atoms. The number of H-pyrrole nitrogens is 1. The molecule has 3 rings (SSSR count). The first kappa shape index (κ1) is 18.6. The Balaban J connectivity index is 1.76. The average molecular weight is 398 g/mol.